The monoisotopic (exact) mass is 813 g/mol. The summed E-state index contributed by atoms with van der Waals surface area (Å²) in [6.07, 6.45) is 11.1. The molecule has 0 bridgehead atoms. The van der Waals surface area contributed by atoms with Gasteiger partial charge in [0.2, 0.25) is 0 Å². The van der Waals surface area contributed by atoms with Gasteiger partial charge in [0.1, 0.15) is 0 Å². The van der Waals surface area contributed by atoms with Crippen LogP contribution in [0.15, 0.2) is 212 Å². The van der Waals surface area contributed by atoms with E-state index in [4.69, 9.17) is 9.47 Å². The lowest BCUT2D eigenvalue weighted by molar-refractivity contribution is 0.361. The first-order valence-electron chi connectivity index (χ1n) is 21.2. The standard InChI is InChI=1S/C58H39NO2S/c59-50(36-47(37-15-4-1-5-16-37)40-31-32-45-44-21-11-13-26-53(44)62-54(45)35-40)39-29-27-38(28-30-39)43-23-14-25-51-56(43)60-52-34-33-49-55(57(52)61-51)46-22-10-12-24-48(46)58(49,41-17-6-2-7-18-41)42-19-8-3-9-20-42/h1-2,4-8,10-36,59H,3,9H2/b47-36-,59-50?. The molecule has 62 heavy (non-hydrogen) atoms. The van der Waals surface area contributed by atoms with Gasteiger partial charge in [-0.3, -0.25) is 0 Å². The SMILES string of the molecule is N=C(/C=C(/c1ccccc1)c1ccc2c(c1)sc1ccccc12)c1ccc(-c2cccc3c2Oc2ccc4c(c2O3)-c2ccccc2C4(C2=CCCC=C2)c2ccccc2)cc1. The van der Waals surface area contributed by atoms with E-state index >= 15 is 0 Å². The summed E-state index contributed by atoms with van der Waals surface area (Å²) in [5.74, 6) is 2.80. The maximum atomic E-state index is 9.35. The predicted octanol–water partition coefficient (Wildman–Crippen LogP) is 15.7. The highest BCUT2D eigenvalue weighted by Gasteiger charge is 2.49. The largest absolute Gasteiger partial charge is 0.449 e. The van der Waals surface area contributed by atoms with Crippen molar-refractivity contribution < 1.29 is 9.47 Å². The molecule has 3 aliphatic rings. The molecule has 1 aromatic heterocycles. The van der Waals surface area contributed by atoms with Crippen LogP contribution in [0.5, 0.6) is 23.0 Å². The van der Waals surface area contributed by atoms with Crippen LogP contribution in [0.1, 0.15) is 46.2 Å². The summed E-state index contributed by atoms with van der Waals surface area (Å²) in [6, 6.07) is 64.0. The molecule has 0 amide bonds. The highest BCUT2D eigenvalue weighted by molar-refractivity contribution is 7.25. The first kappa shape index (κ1) is 36.3. The van der Waals surface area contributed by atoms with E-state index in [2.05, 4.69) is 170 Å². The molecule has 3 nitrogen and oxygen atoms in total. The average Bonchev–Trinajstić information content (AvgIpc) is 3.87. The third-order valence-corrected chi connectivity index (χ3v) is 13.9. The van der Waals surface area contributed by atoms with Gasteiger partial charge in [-0.05, 0) is 98.8 Å². The fraction of sp³-hybridized carbons (Fsp3) is 0.0517. The second-order valence-electron chi connectivity index (χ2n) is 16.2. The average molecular weight is 814 g/mol. The summed E-state index contributed by atoms with van der Waals surface area (Å²) in [4.78, 5) is 0. The Balaban J connectivity index is 0.895. The molecular formula is C58H39NO2S. The molecule has 0 radical (unpaired) electrons. The zero-order valence-corrected chi connectivity index (χ0v) is 34.6. The molecule has 294 valence electrons. The van der Waals surface area contributed by atoms with Crippen molar-refractivity contribution in [3.05, 3.63) is 245 Å². The zero-order chi connectivity index (χ0) is 41.2. The summed E-state index contributed by atoms with van der Waals surface area (Å²) < 4.78 is 16.4. The van der Waals surface area contributed by atoms with Crippen molar-refractivity contribution in [2.45, 2.75) is 18.3 Å². The lowest BCUT2D eigenvalue weighted by Crippen LogP contribution is -2.29. The van der Waals surface area contributed by atoms with E-state index in [1.807, 2.05) is 47.7 Å². The molecule has 0 fully saturated rings. The van der Waals surface area contributed by atoms with E-state index < -0.39 is 5.41 Å². The van der Waals surface area contributed by atoms with Crippen molar-refractivity contribution in [1.29, 1.82) is 5.41 Å². The van der Waals surface area contributed by atoms with Gasteiger partial charge in [-0.1, -0.05) is 176 Å². The summed E-state index contributed by atoms with van der Waals surface area (Å²) in [6.45, 7) is 0. The van der Waals surface area contributed by atoms with Crippen molar-refractivity contribution in [2.24, 2.45) is 0 Å². The number of thiophene rings is 1. The molecule has 1 unspecified atom stereocenters. The Kier molecular flexibility index (Phi) is 8.55. The van der Waals surface area contributed by atoms with Gasteiger partial charge in [0.25, 0.3) is 0 Å². The second kappa shape index (κ2) is 14.6. The van der Waals surface area contributed by atoms with Gasteiger partial charge >= 0.3 is 0 Å². The molecule has 0 saturated carbocycles. The lowest BCUT2D eigenvalue weighted by Gasteiger charge is -2.36. The number of ether oxygens (including phenoxy) is 2. The van der Waals surface area contributed by atoms with Crippen molar-refractivity contribution >= 4 is 42.8 Å². The zero-order valence-electron chi connectivity index (χ0n) is 33.8. The second-order valence-corrected chi connectivity index (χ2v) is 17.3. The molecular weight excluding hydrogens is 775 g/mol. The van der Waals surface area contributed by atoms with E-state index in [9.17, 15) is 5.41 Å². The summed E-state index contributed by atoms with van der Waals surface area (Å²) in [5, 5.41) is 11.9. The minimum atomic E-state index is -0.482. The topological polar surface area (TPSA) is 42.3 Å². The number of hydrogen-bond donors (Lipinski definition) is 1. The molecule has 0 saturated heterocycles. The Labute approximate surface area is 364 Å². The molecule has 2 aliphatic carbocycles. The molecule has 12 rings (SSSR count). The van der Waals surface area contributed by atoms with Crippen LogP contribution >= 0.6 is 11.3 Å². The van der Waals surface area contributed by atoms with Crippen LogP contribution in [0.3, 0.4) is 0 Å². The van der Waals surface area contributed by atoms with Crippen LogP contribution in [0.2, 0.25) is 0 Å². The van der Waals surface area contributed by atoms with Crippen LogP contribution in [0, 0.1) is 5.41 Å². The van der Waals surface area contributed by atoms with E-state index in [-0.39, 0.29) is 0 Å². The van der Waals surface area contributed by atoms with E-state index in [0.717, 1.165) is 63.1 Å². The van der Waals surface area contributed by atoms with Crippen LogP contribution in [-0.4, -0.2) is 5.71 Å². The molecule has 0 spiro atoms. The minimum Gasteiger partial charge on any atom is -0.449 e. The smallest absolute Gasteiger partial charge is 0.178 e. The first-order valence-corrected chi connectivity index (χ1v) is 22.0. The molecule has 4 heteroatoms. The van der Waals surface area contributed by atoms with Crippen LogP contribution < -0.4 is 9.47 Å². The number of fused-ring (bicyclic) bond motifs is 9. The number of rotatable bonds is 7. The molecule has 1 aliphatic heterocycles. The van der Waals surface area contributed by atoms with Crippen molar-refractivity contribution in [3.63, 3.8) is 0 Å². The fourth-order valence-electron chi connectivity index (χ4n) is 9.92. The summed E-state index contributed by atoms with van der Waals surface area (Å²) in [5.41, 5.74) is 13.1. The van der Waals surface area contributed by atoms with Crippen LogP contribution in [-0.2, 0) is 5.41 Å². The first-order chi connectivity index (χ1) is 30.6. The van der Waals surface area contributed by atoms with Crippen molar-refractivity contribution in [2.75, 3.05) is 0 Å². The van der Waals surface area contributed by atoms with Crippen molar-refractivity contribution in [3.8, 4) is 45.3 Å². The molecule has 2 heterocycles. The Morgan fingerprint density at radius 2 is 1.26 bits per heavy atom. The Hall–Kier alpha value is -7.53. The van der Waals surface area contributed by atoms with E-state index in [1.165, 1.54) is 42.4 Å². The third-order valence-electron chi connectivity index (χ3n) is 12.7. The molecule has 1 atom stereocenters. The summed E-state index contributed by atoms with van der Waals surface area (Å²) >= 11 is 1.81. The van der Waals surface area contributed by atoms with Crippen LogP contribution in [0.25, 0.3) is 48.0 Å². The lowest BCUT2D eigenvalue weighted by atomic mass is 9.66. The normalized spacial score (nSPS) is 16.1. The number of allylic oxidation sites excluding steroid dienone is 5. The van der Waals surface area contributed by atoms with Gasteiger partial charge < -0.3 is 14.9 Å². The Morgan fingerprint density at radius 3 is 2.10 bits per heavy atom. The highest BCUT2D eigenvalue weighted by atomic mass is 32.1. The van der Waals surface area contributed by atoms with Crippen molar-refractivity contribution in [1.82, 2.24) is 0 Å². The number of hydrogen-bond acceptors (Lipinski definition) is 4. The molecule has 9 aromatic rings. The van der Waals surface area contributed by atoms with Gasteiger partial charge in [0.05, 0.1) is 11.1 Å². The van der Waals surface area contributed by atoms with Gasteiger partial charge in [0, 0.05) is 31.3 Å². The minimum absolute atomic E-state index is 0.440. The Morgan fingerprint density at radius 1 is 0.548 bits per heavy atom. The maximum Gasteiger partial charge on any atom is 0.178 e. The van der Waals surface area contributed by atoms with E-state index in [1.54, 1.807) is 0 Å². The van der Waals surface area contributed by atoms with Gasteiger partial charge in [-0.2, -0.15) is 0 Å². The van der Waals surface area contributed by atoms with Crippen LogP contribution in [0.4, 0.5) is 0 Å². The Bertz CT molecular complexity index is 3360. The van der Waals surface area contributed by atoms with E-state index in [0.29, 0.717) is 23.0 Å². The molecule has 1 N–H and O–H groups in total. The quantitative estimate of drug-likeness (QED) is 0.163. The number of nitrogens with one attached hydrogen (secondary N) is 1. The third kappa shape index (κ3) is 5.68. The number of para-hydroxylation sites is 1. The van der Waals surface area contributed by atoms with Gasteiger partial charge in [0.15, 0.2) is 23.0 Å². The fourth-order valence-corrected chi connectivity index (χ4v) is 11.1. The predicted molar refractivity (Wildman–Crippen MR) is 256 cm³/mol. The maximum absolute atomic E-state index is 9.35. The highest BCUT2D eigenvalue weighted by Crippen LogP contribution is 2.63. The van der Waals surface area contributed by atoms with Gasteiger partial charge in [-0.15, -0.1) is 11.3 Å². The summed E-state index contributed by atoms with van der Waals surface area (Å²) in [7, 11) is 0. The molecule has 8 aromatic carbocycles. The number of benzene rings is 8. The van der Waals surface area contributed by atoms with Gasteiger partial charge in [-0.25, -0.2) is 0 Å².